The Bertz CT molecular complexity index is 198. The Morgan fingerprint density at radius 2 is 2.45 bits per heavy atom. The van der Waals surface area contributed by atoms with Crippen LogP contribution in [0.2, 0.25) is 0 Å². The number of halogens is 1. The third-order valence-electron chi connectivity index (χ3n) is 1.48. The molecule has 1 rings (SSSR count). The fraction of sp³-hybridized carbons (Fsp3) is 0.667. The Labute approximate surface area is 64.5 Å². The van der Waals surface area contributed by atoms with Gasteiger partial charge in [-0.3, -0.25) is 9.42 Å². The van der Waals surface area contributed by atoms with Gasteiger partial charge in [-0.25, -0.2) is 4.57 Å². The lowest BCUT2D eigenvalue weighted by Gasteiger charge is -2.15. The summed E-state index contributed by atoms with van der Waals surface area (Å²) in [6.07, 6.45) is 5.34. The zero-order valence-electron chi connectivity index (χ0n) is 5.94. The van der Waals surface area contributed by atoms with Crippen LogP contribution in [0.4, 0.5) is 4.20 Å². The third-order valence-corrected chi connectivity index (χ3v) is 2.01. The third kappa shape index (κ3) is 3.65. The van der Waals surface area contributed by atoms with Gasteiger partial charge in [0, 0.05) is 0 Å². The maximum Gasteiger partial charge on any atom is 0.511 e. The topological polar surface area (TPSA) is 46.5 Å². The Hall–Kier alpha value is -0.180. The number of allylic oxidation sites excluding steroid dienone is 1. The van der Waals surface area contributed by atoms with Crippen LogP contribution in [0.25, 0.3) is 0 Å². The summed E-state index contributed by atoms with van der Waals surface area (Å²) in [5, 5.41) is 0. The van der Waals surface area contributed by atoms with E-state index in [1.807, 2.05) is 6.08 Å². The van der Waals surface area contributed by atoms with Gasteiger partial charge in [-0.15, -0.1) is 4.20 Å². The Kier molecular flexibility index (Phi) is 2.82. The van der Waals surface area contributed by atoms with Crippen LogP contribution in [0, 0.1) is 0 Å². The summed E-state index contributed by atoms with van der Waals surface area (Å²) in [6, 6.07) is 0. The van der Waals surface area contributed by atoms with Crippen molar-refractivity contribution < 1.29 is 18.2 Å². The Balaban J connectivity index is 2.43. The van der Waals surface area contributed by atoms with Gasteiger partial charge in [-0.05, 0) is 19.3 Å². The summed E-state index contributed by atoms with van der Waals surface area (Å²) in [5.74, 6) is 0. The second-order valence-corrected chi connectivity index (χ2v) is 3.57. The second kappa shape index (κ2) is 3.48. The molecule has 1 aliphatic carbocycles. The van der Waals surface area contributed by atoms with Gasteiger partial charge in [-0.2, -0.15) is 0 Å². The van der Waals surface area contributed by atoms with Gasteiger partial charge in [0.05, 0.1) is 6.10 Å². The summed E-state index contributed by atoms with van der Waals surface area (Å²) in [4.78, 5) is 8.20. The second-order valence-electron chi connectivity index (χ2n) is 2.45. The van der Waals surface area contributed by atoms with Crippen molar-refractivity contribution in [2.24, 2.45) is 0 Å². The average molecular weight is 180 g/mol. The largest absolute Gasteiger partial charge is 0.511 e. The lowest BCUT2D eigenvalue weighted by molar-refractivity contribution is 0.172. The van der Waals surface area contributed by atoms with Gasteiger partial charge in [0.25, 0.3) is 0 Å². The Morgan fingerprint density at radius 3 is 2.91 bits per heavy atom. The first kappa shape index (κ1) is 8.91. The molecule has 0 spiro atoms. The summed E-state index contributed by atoms with van der Waals surface area (Å²) >= 11 is 0. The SMILES string of the molecule is O=P(O)(F)OC1C=CCCC1. The molecule has 0 amide bonds. The lowest BCUT2D eigenvalue weighted by Crippen LogP contribution is -2.09. The molecule has 0 aromatic carbocycles. The Morgan fingerprint density at radius 1 is 1.73 bits per heavy atom. The molecule has 0 saturated carbocycles. The fourth-order valence-electron chi connectivity index (χ4n) is 1.04. The monoisotopic (exact) mass is 180 g/mol. The van der Waals surface area contributed by atoms with Crippen LogP contribution >= 0.6 is 7.91 Å². The summed E-state index contributed by atoms with van der Waals surface area (Å²) in [6.45, 7) is 0. The number of rotatable bonds is 2. The zero-order valence-corrected chi connectivity index (χ0v) is 6.84. The van der Waals surface area contributed by atoms with E-state index in [4.69, 9.17) is 4.89 Å². The van der Waals surface area contributed by atoms with E-state index in [1.165, 1.54) is 0 Å². The van der Waals surface area contributed by atoms with Gasteiger partial charge in [0.1, 0.15) is 0 Å². The van der Waals surface area contributed by atoms with Gasteiger partial charge in [-0.1, -0.05) is 12.2 Å². The molecule has 0 heterocycles. The van der Waals surface area contributed by atoms with E-state index in [0.717, 1.165) is 12.8 Å². The number of hydrogen-bond acceptors (Lipinski definition) is 2. The smallest absolute Gasteiger partial charge is 0.299 e. The molecule has 0 aromatic rings. The van der Waals surface area contributed by atoms with Crippen molar-refractivity contribution >= 4 is 7.91 Å². The van der Waals surface area contributed by atoms with Gasteiger partial charge >= 0.3 is 7.91 Å². The first-order chi connectivity index (χ1) is 5.08. The van der Waals surface area contributed by atoms with Crippen LogP contribution in [0.15, 0.2) is 12.2 Å². The minimum Gasteiger partial charge on any atom is -0.299 e. The quantitative estimate of drug-likeness (QED) is 0.523. The molecule has 11 heavy (non-hydrogen) atoms. The zero-order chi connectivity index (χ0) is 8.32. The molecular weight excluding hydrogens is 170 g/mol. The fourth-order valence-corrected chi connectivity index (χ4v) is 1.55. The molecular formula is C6H10FO3P. The van der Waals surface area contributed by atoms with Crippen LogP contribution in [0.5, 0.6) is 0 Å². The minimum atomic E-state index is -4.79. The molecule has 0 saturated heterocycles. The van der Waals surface area contributed by atoms with E-state index >= 15 is 0 Å². The highest BCUT2D eigenvalue weighted by Crippen LogP contribution is 2.45. The summed E-state index contributed by atoms with van der Waals surface area (Å²) < 4.78 is 26.4. The van der Waals surface area contributed by atoms with E-state index in [2.05, 4.69) is 4.52 Å². The van der Waals surface area contributed by atoms with Crippen molar-refractivity contribution in [3.05, 3.63) is 12.2 Å². The molecule has 5 heteroatoms. The molecule has 2 unspecified atom stereocenters. The summed E-state index contributed by atoms with van der Waals surface area (Å²) in [7, 11) is -4.79. The summed E-state index contributed by atoms with van der Waals surface area (Å²) in [5.41, 5.74) is 0. The van der Waals surface area contributed by atoms with Crippen LogP contribution in [0.1, 0.15) is 19.3 Å². The molecule has 3 nitrogen and oxygen atoms in total. The highest BCUT2D eigenvalue weighted by Gasteiger charge is 2.23. The first-order valence-corrected chi connectivity index (χ1v) is 4.92. The lowest BCUT2D eigenvalue weighted by atomic mass is 10.1. The minimum absolute atomic E-state index is 0.524. The predicted octanol–water partition coefficient (Wildman–Crippen LogP) is 2.18. The molecule has 0 aliphatic heterocycles. The normalized spacial score (nSPS) is 29.8. The van der Waals surface area contributed by atoms with Crippen molar-refractivity contribution in [1.29, 1.82) is 0 Å². The first-order valence-electron chi connectivity index (χ1n) is 3.45. The molecule has 64 valence electrons. The van der Waals surface area contributed by atoms with Crippen LogP contribution < -0.4 is 0 Å². The molecule has 0 aromatic heterocycles. The molecule has 1 aliphatic rings. The molecule has 0 radical (unpaired) electrons. The van der Waals surface area contributed by atoms with Gasteiger partial charge in [0.15, 0.2) is 0 Å². The molecule has 1 N–H and O–H groups in total. The van der Waals surface area contributed by atoms with Crippen molar-refractivity contribution in [3.8, 4) is 0 Å². The van der Waals surface area contributed by atoms with Crippen molar-refractivity contribution in [2.45, 2.75) is 25.4 Å². The van der Waals surface area contributed by atoms with Crippen molar-refractivity contribution in [3.63, 3.8) is 0 Å². The van der Waals surface area contributed by atoms with Crippen molar-refractivity contribution in [2.75, 3.05) is 0 Å². The maximum absolute atomic E-state index is 12.0. The highest BCUT2D eigenvalue weighted by molar-refractivity contribution is 7.46. The standard InChI is InChI=1S/C6H10FO3P/c7-11(8,9)10-6-4-2-1-3-5-6/h2,4,6H,1,3,5H2,(H,8,9). The average Bonchev–Trinajstić information content (AvgIpc) is 1.85. The van der Waals surface area contributed by atoms with Crippen LogP contribution in [-0.4, -0.2) is 11.0 Å². The highest BCUT2D eigenvalue weighted by atomic mass is 31.2. The van der Waals surface area contributed by atoms with Gasteiger partial charge < -0.3 is 0 Å². The predicted molar refractivity (Wildman–Crippen MR) is 38.8 cm³/mol. The van der Waals surface area contributed by atoms with Gasteiger partial charge in [0.2, 0.25) is 0 Å². The number of hydrogen-bond donors (Lipinski definition) is 1. The van der Waals surface area contributed by atoms with E-state index < -0.39 is 14.0 Å². The van der Waals surface area contributed by atoms with E-state index in [9.17, 15) is 8.76 Å². The molecule has 0 bridgehead atoms. The van der Waals surface area contributed by atoms with E-state index in [1.54, 1.807) is 6.08 Å². The molecule has 2 atom stereocenters. The maximum atomic E-state index is 12.0. The van der Waals surface area contributed by atoms with Crippen LogP contribution in [-0.2, 0) is 9.09 Å². The van der Waals surface area contributed by atoms with Crippen molar-refractivity contribution in [1.82, 2.24) is 0 Å². The van der Waals surface area contributed by atoms with Crippen LogP contribution in [0.3, 0.4) is 0 Å². The molecule has 0 fully saturated rings. The van der Waals surface area contributed by atoms with E-state index in [-0.39, 0.29) is 0 Å². The van der Waals surface area contributed by atoms with E-state index in [0.29, 0.717) is 6.42 Å².